The average molecular weight is 218 g/mol. The summed E-state index contributed by atoms with van der Waals surface area (Å²) in [4.78, 5) is 2.43. The van der Waals surface area contributed by atoms with Crippen LogP contribution in [-0.4, -0.2) is 22.8 Å². The summed E-state index contributed by atoms with van der Waals surface area (Å²) in [6.07, 6.45) is 6.79. The lowest BCUT2D eigenvalue weighted by Gasteiger charge is -2.32. The van der Waals surface area contributed by atoms with E-state index in [9.17, 15) is 0 Å². The van der Waals surface area contributed by atoms with E-state index in [2.05, 4.69) is 15.1 Å². The molecule has 16 heavy (non-hydrogen) atoms. The molecule has 1 saturated heterocycles. The van der Waals surface area contributed by atoms with Crippen LogP contribution in [0.2, 0.25) is 0 Å². The Hall–Kier alpha value is -1.32. The van der Waals surface area contributed by atoms with Crippen molar-refractivity contribution in [1.82, 2.24) is 10.2 Å². The van der Waals surface area contributed by atoms with E-state index < -0.39 is 0 Å². The molecule has 1 aromatic rings. The quantitative estimate of drug-likeness (QED) is 0.781. The zero-order valence-electron chi connectivity index (χ0n) is 9.47. The van der Waals surface area contributed by atoms with E-state index in [4.69, 9.17) is 5.73 Å². The molecule has 4 heteroatoms. The third-order valence-corrected chi connectivity index (χ3v) is 3.98. The summed E-state index contributed by atoms with van der Waals surface area (Å²) < 4.78 is 0. The normalized spacial score (nSPS) is 29.1. The molecule has 1 aliphatic heterocycles. The van der Waals surface area contributed by atoms with Crippen molar-refractivity contribution in [1.29, 1.82) is 0 Å². The van der Waals surface area contributed by atoms with Crippen LogP contribution in [0, 0.1) is 5.92 Å². The van der Waals surface area contributed by atoms with Crippen molar-refractivity contribution in [3.05, 3.63) is 12.1 Å². The highest BCUT2D eigenvalue weighted by molar-refractivity contribution is 5.43. The molecule has 1 aliphatic carbocycles. The molecule has 0 aromatic carbocycles. The second kappa shape index (κ2) is 3.92. The lowest BCUT2D eigenvalue weighted by Crippen LogP contribution is -2.35. The molecule has 0 amide bonds. The Kier molecular flexibility index (Phi) is 2.42. The molecular formula is C12H18N4. The smallest absolute Gasteiger partial charge is 0.151 e. The van der Waals surface area contributed by atoms with Crippen LogP contribution in [0.4, 0.5) is 11.6 Å². The van der Waals surface area contributed by atoms with Gasteiger partial charge in [0.1, 0.15) is 5.82 Å². The molecule has 2 aliphatic rings. The van der Waals surface area contributed by atoms with Crippen LogP contribution in [0.25, 0.3) is 0 Å². The van der Waals surface area contributed by atoms with Gasteiger partial charge < -0.3 is 10.6 Å². The first-order chi connectivity index (χ1) is 7.84. The maximum Gasteiger partial charge on any atom is 0.151 e. The molecule has 0 spiro atoms. The van der Waals surface area contributed by atoms with Crippen LogP contribution in [-0.2, 0) is 0 Å². The van der Waals surface area contributed by atoms with Crippen molar-refractivity contribution >= 4 is 11.6 Å². The summed E-state index contributed by atoms with van der Waals surface area (Å²) in [5, 5.41) is 8.15. The SMILES string of the molecule is Nc1ccc(N2CCC3CCCCC32)nn1. The average Bonchev–Trinajstić information content (AvgIpc) is 2.74. The van der Waals surface area contributed by atoms with E-state index in [1.165, 1.54) is 32.1 Å². The maximum atomic E-state index is 5.57. The van der Waals surface area contributed by atoms with Gasteiger partial charge in [0, 0.05) is 12.6 Å². The van der Waals surface area contributed by atoms with E-state index >= 15 is 0 Å². The Labute approximate surface area is 95.8 Å². The molecule has 2 unspecified atom stereocenters. The van der Waals surface area contributed by atoms with Crippen molar-refractivity contribution in [3.63, 3.8) is 0 Å². The summed E-state index contributed by atoms with van der Waals surface area (Å²) in [5.41, 5.74) is 5.57. The highest BCUT2D eigenvalue weighted by atomic mass is 15.3. The fraction of sp³-hybridized carbons (Fsp3) is 0.667. The second-order valence-electron chi connectivity index (χ2n) is 4.91. The van der Waals surface area contributed by atoms with Gasteiger partial charge in [-0.25, -0.2) is 0 Å². The highest BCUT2D eigenvalue weighted by Crippen LogP contribution is 2.37. The lowest BCUT2D eigenvalue weighted by atomic mass is 9.85. The van der Waals surface area contributed by atoms with Gasteiger partial charge in [-0.3, -0.25) is 0 Å². The zero-order chi connectivity index (χ0) is 11.0. The molecule has 4 nitrogen and oxygen atoms in total. The summed E-state index contributed by atoms with van der Waals surface area (Å²) in [6, 6.07) is 4.55. The van der Waals surface area contributed by atoms with Crippen LogP contribution in [0.15, 0.2) is 12.1 Å². The molecule has 0 bridgehead atoms. The molecule has 1 saturated carbocycles. The van der Waals surface area contributed by atoms with Crippen LogP contribution >= 0.6 is 0 Å². The Balaban J connectivity index is 1.82. The minimum absolute atomic E-state index is 0.503. The van der Waals surface area contributed by atoms with Crippen molar-refractivity contribution in [3.8, 4) is 0 Å². The molecule has 2 N–H and O–H groups in total. The summed E-state index contributed by atoms with van der Waals surface area (Å²) in [6.45, 7) is 1.13. The molecule has 1 aromatic heterocycles. The number of aromatic nitrogens is 2. The van der Waals surface area contributed by atoms with Gasteiger partial charge in [0.25, 0.3) is 0 Å². The number of fused-ring (bicyclic) bond motifs is 1. The van der Waals surface area contributed by atoms with Crippen LogP contribution in [0.1, 0.15) is 32.1 Å². The fourth-order valence-electron chi connectivity index (χ4n) is 3.18. The largest absolute Gasteiger partial charge is 0.382 e. The number of anilines is 2. The van der Waals surface area contributed by atoms with E-state index in [1.807, 2.05) is 12.1 Å². The Morgan fingerprint density at radius 3 is 2.81 bits per heavy atom. The number of nitrogens with zero attached hydrogens (tertiary/aromatic N) is 3. The van der Waals surface area contributed by atoms with Crippen LogP contribution < -0.4 is 10.6 Å². The molecule has 3 rings (SSSR count). The van der Waals surface area contributed by atoms with E-state index in [1.54, 1.807) is 0 Å². The molecular weight excluding hydrogens is 200 g/mol. The van der Waals surface area contributed by atoms with Crippen molar-refractivity contribution in [2.45, 2.75) is 38.1 Å². The van der Waals surface area contributed by atoms with E-state index in [0.717, 1.165) is 18.3 Å². The van der Waals surface area contributed by atoms with Crippen LogP contribution in [0.3, 0.4) is 0 Å². The molecule has 2 fully saturated rings. The molecule has 86 valence electrons. The predicted molar refractivity (Wildman–Crippen MR) is 64.2 cm³/mol. The van der Waals surface area contributed by atoms with Gasteiger partial charge in [-0.15, -0.1) is 10.2 Å². The number of rotatable bonds is 1. The first-order valence-corrected chi connectivity index (χ1v) is 6.20. The predicted octanol–water partition coefficient (Wildman–Crippen LogP) is 1.83. The first kappa shape index (κ1) is 9.87. The topological polar surface area (TPSA) is 55.0 Å². The van der Waals surface area contributed by atoms with E-state index in [0.29, 0.717) is 11.9 Å². The van der Waals surface area contributed by atoms with E-state index in [-0.39, 0.29) is 0 Å². The second-order valence-corrected chi connectivity index (χ2v) is 4.91. The van der Waals surface area contributed by atoms with Crippen molar-refractivity contribution in [2.75, 3.05) is 17.2 Å². The summed E-state index contributed by atoms with van der Waals surface area (Å²) >= 11 is 0. The van der Waals surface area contributed by atoms with Crippen molar-refractivity contribution < 1.29 is 0 Å². The van der Waals surface area contributed by atoms with Crippen molar-refractivity contribution in [2.24, 2.45) is 5.92 Å². The summed E-state index contributed by atoms with van der Waals surface area (Å²) in [7, 11) is 0. The molecule has 2 heterocycles. The third kappa shape index (κ3) is 1.62. The van der Waals surface area contributed by atoms with Crippen LogP contribution in [0.5, 0.6) is 0 Å². The molecule has 0 radical (unpaired) electrons. The van der Waals surface area contributed by atoms with Gasteiger partial charge in [-0.2, -0.15) is 0 Å². The maximum absolute atomic E-state index is 5.57. The van der Waals surface area contributed by atoms with Gasteiger partial charge in [0.05, 0.1) is 0 Å². The van der Waals surface area contributed by atoms with Gasteiger partial charge in [-0.1, -0.05) is 12.8 Å². The van der Waals surface area contributed by atoms with Gasteiger partial charge >= 0.3 is 0 Å². The minimum Gasteiger partial charge on any atom is -0.382 e. The fourth-order valence-corrected chi connectivity index (χ4v) is 3.18. The summed E-state index contributed by atoms with van der Waals surface area (Å²) in [5.74, 6) is 2.39. The lowest BCUT2D eigenvalue weighted by molar-refractivity contribution is 0.341. The number of hydrogen-bond donors (Lipinski definition) is 1. The van der Waals surface area contributed by atoms with Gasteiger partial charge in [-0.05, 0) is 37.3 Å². The van der Waals surface area contributed by atoms with Gasteiger partial charge in [0.15, 0.2) is 5.82 Å². The third-order valence-electron chi connectivity index (χ3n) is 3.98. The highest BCUT2D eigenvalue weighted by Gasteiger charge is 2.36. The number of nitrogens with two attached hydrogens (primary N) is 1. The van der Waals surface area contributed by atoms with Gasteiger partial charge in [0.2, 0.25) is 0 Å². The Morgan fingerprint density at radius 1 is 1.12 bits per heavy atom. The first-order valence-electron chi connectivity index (χ1n) is 6.20. The standard InChI is InChI=1S/C12H18N4/c13-11-5-6-12(15-14-11)16-8-7-9-3-1-2-4-10(9)16/h5-6,9-10H,1-4,7-8H2,(H2,13,14). The Bertz CT molecular complexity index is 362. The minimum atomic E-state index is 0.503. The number of nitrogen functional groups attached to an aromatic ring is 1. The molecule has 2 atom stereocenters. The monoisotopic (exact) mass is 218 g/mol. The zero-order valence-corrected chi connectivity index (χ0v) is 9.47. The number of hydrogen-bond acceptors (Lipinski definition) is 4. The Morgan fingerprint density at radius 2 is 2.00 bits per heavy atom.